The Labute approximate surface area is 274 Å². The van der Waals surface area contributed by atoms with Crippen molar-refractivity contribution in [3.05, 3.63) is 118 Å². The number of carbonyl (C=O) groups is 3. The van der Waals surface area contributed by atoms with Crippen molar-refractivity contribution >= 4 is 39.7 Å². The number of alkyl halides is 3. The fourth-order valence-electron chi connectivity index (χ4n) is 5.70. The molecule has 1 saturated carbocycles. The van der Waals surface area contributed by atoms with Crippen LogP contribution in [0, 0.1) is 17.6 Å². The molecule has 3 atom stereocenters. The first-order chi connectivity index (χ1) is 22.4. The molecule has 1 fully saturated rings. The topological polar surface area (TPSA) is 102 Å². The van der Waals surface area contributed by atoms with Crippen molar-refractivity contribution in [2.24, 2.45) is 5.92 Å². The van der Waals surface area contributed by atoms with Gasteiger partial charge in [0.2, 0.25) is 5.91 Å². The minimum absolute atomic E-state index is 0.282. The third kappa shape index (κ3) is 8.61. The van der Waals surface area contributed by atoms with E-state index in [4.69, 9.17) is 0 Å². The fraction of sp³-hybridized carbons (Fsp3) is 0.273. The maximum Gasteiger partial charge on any atom is 0.507 e. The number of carbonyl (C=O) groups excluding carboxylic acids is 3. The quantitative estimate of drug-likeness (QED) is 0.234. The molecule has 2 aliphatic rings. The molecule has 3 aromatic carbocycles. The first-order valence-electron chi connectivity index (χ1n) is 14.5. The molecule has 0 bridgehead atoms. The molecule has 0 aromatic heterocycles. The predicted octanol–water partition coefficient (Wildman–Crippen LogP) is 5.59. The van der Waals surface area contributed by atoms with E-state index in [2.05, 4.69) is 36.3 Å². The van der Waals surface area contributed by atoms with Crippen LogP contribution in [-0.2, 0) is 19.1 Å². The van der Waals surface area contributed by atoms with E-state index in [9.17, 15) is 36.3 Å². The van der Waals surface area contributed by atoms with E-state index < -0.39 is 60.3 Å². The van der Waals surface area contributed by atoms with E-state index in [0.717, 1.165) is 21.1 Å². The molecule has 14 heteroatoms. The number of aliphatic imine (C=N–C) groups is 1. The summed E-state index contributed by atoms with van der Waals surface area (Å²) in [6, 6.07) is 17.0. The highest BCUT2D eigenvalue weighted by Gasteiger charge is 2.45. The first kappa shape index (κ1) is 33.8. The van der Waals surface area contributed by atoms with Crippen molar-refractivity contribution in [3.63, 3.8) is 0 Å². The highest BCUT2D eigenvalue weighted by atomic mass is 79.9. The Morgan fingerprint density at radius 1 is 0.915 bits per heavy atom. The number of nitrogens with zero attached hydrogens (tertiary/aromatic N) is 2. The van der Waals surface area contributed by atoms with Crippen molar-refractivity contribution in [2.75, 3.05) is 6.54 Å². The van der Waals surface area contributed by atoms with Crippen molar-refractivity contribution in [3.8, 4) is 0 Å². The van der Waals surface area contributed by atoms with E-state index >= 15 is 0 Å². The number of hydrogen-bond acceptors (Lipinski definition) is 6. The van der Waals surface area contributed by atoms with Crippen LogP contribution >= 0.6 is 15.9 Å². The van der Waals surface area contributed by atoms with Gasteiger partial charge in [0.25, 0.3) is 5.91 Å². The summed E-state index contributed by atoms with van der Waals surface area (Å²) in [6.45, 7) is -0.457. The minimum Gasteiger partial charge on any atom is -0.350 e. The SMILES string of the molecule is O=C(CN1C=C[N+]=C1OC(=O)C(F)(F)F)N[C@@H]1CC[C@@H](C(=O)NC(c2ccc(F)cc2)c2ccc(F)cc2)[C@H](c2ccc(Br)cc2)C1. The van der Waals surface area contributed by atoms with Crippen molar-refractivity contribution in [1.82, 2.24) is 20.5 Å². The number of benzene rings is 3. The Hall–Kier alpha value is -4.59. The third-order valence-electron chi connectivity index (χ3n) is 7.95. The van der Waals surface area contributed by atoms with Crippen LogP contribution in [0.25, 0.3) is 0 Å². The van der Waals surface area contributed by atoms with Gasteiger partial charge >= 0.3 is 18.2 Å². The Balaban J connectivity index is 1.30. The van der Waals surface area contributed by atoms with Crippen LogP contribution in [0.15, 0.2) is 89.7 Å². The largest absolute Gasteiger partial charge is 0.507 e. The molecule has 0 unspecified atom stereocenters. The van der Waals surface area contributed by atoms with Crippen LogP contribution in [-0.4, -0.2) is 47.5 Å². The van der Waals surface area contributed by atoms with Crippen molar-refractivity contribution < 1.29 is 41.1 Å². The lowest BCUT2D eigenvalue weighted by atomic mass is 9.73. The number of rotatable bonds is 8. The summed E-state index contributed by atoms with van der Waals surface area (Å²) in [6.07, 6.45) is -1.77. The van der Waals surface area contributed by atoms with Gasteiger partial charge in [-0.25, -0.2) is 13.6 Å². The number of ether oxygens (including phenoxy) is 1. The summed E-state index contributed by atoms with van der Waals surface area (Å²) >= 11 is 3.42. The lowest BCUT2D eigenvalue weighted by Gasteiger charge is -2.37. The van der Waals surface area contributed by atoms with Gasteiger partial charge < -0.3 is 15.4 Å². The average molecular weight is 720 g/mol. The molecule has 5 rings (SSSR count). The van der Waals surface area contributed by atoms with Gasteiger partial charge in [0.1, 0.15) is 17.8 Å². The molecule has 3 aromatic rings. The summed E-state index contributed by atoms with van der Waals surface area (Å²) in [7, 11) is 0. The van der Waals surface area contributed by atoms with Crippen LogP contribution in [0.4, 0.5) is 22.0 Å². The maximum absolute atomic E-state index is 14.0. The summed E-state index contributed by atoms with van der Waals surface area (Å²) in [5, 5.41) is 5.95. The second-order valence-electron chi connectivity index (χ2n) is 11.1. The summed E-state index contributed by atoms with van der Waals surface area (Å²) in [4.78, 5) is 42.8. The Bertz CT molecular complexity index is 1620. The molecule has 47 heavy (non-hydrogen) atoms. The number of esters is 1. The van der Waals surface area contributed by atoms with Gasteiger partial charge in [0.05, 0.1) is 6.04 Å². The van der Waals surface area contributed by atoms with E-state index in [1.165, 1.54) is 30.5 Å². The molecular formula is C33H28BrF5N4O4+. The molecule has 1 aliphatic heterocycles. The molecule has 1 radical (unpaired) electrons. The van der Waals surface area contributed by atoms with E-state index in [-0.39, 0.29) is 11.8 Å². The molecule has 2 amide bonds. The van der Waals surface area contributed by atoms with Gasteiger partial charge in [-0.05, 0) is 83.3 Å². The number of amides is 2. The zero-order chi connectivity index (χ0) is 33.7. The number of halogens is 6. The molecule has 0 saturated heterocycles. The molecule has 2 N–H and O–H groups in total. The maximum atomic E-state index is 14.0. The van der Waals surface area contributed by atoms with Crippen LogP contribution in [0.5, 0.6) is 0 Å². The zero-order valence-electron chi connectivity index (χ0n) is 24.5. The van der Waals surface area contributed by atoms with Crippen LogP contribution in [0.1, 0.15) is 47.9 Å². The first-order valence-corrected chi connectivity index (χ1v) is 15.3. The molecule has 1 aliphatic carbocycles. The van der Waals surface area contributed by atoms with Crippen molar-refractivity contribution in [2.45, 2.75) is 43.4 Å². The standard InChI is InChI=1S/C33H28BrF5N4O4/c34-22-7-1-19(2-8-22)27-17-25(41-28(44)18-43-16-15-40-32(43)47-31(46)33(37,38)39)13-14-26(27)30(45)42-29(20-3-9-23(35)10-4-20)21-5-11-24(36)12-6-21/h1-12,15-16,25-27,29H,13-14,17-18H2,(H,41,44)(H,42,45)/q+1/t25-,26-,27+/m1/s1. The van der Waals surface area contributed by atoms with Gasteiger partial charge in [-0.2, -0.15) is 18.1 Å². The van der Waals surface area contributed by atoms with Gasteiger partial charge in [-0.3, -0.25) is 9.59 Å². The molecule has 8 nitrogen and oxygen atoms in total. The zero-order valence-corrected chi connectivity index (χ0v) is 26.1. The monoisotopic (exact) mass is 718 g/mol. The predicted molar refractivity (Wildman–Crippen MR) is 164 cm³/mol. The second kappa shape index (κ2) is 14.4. The van der Waals surface area contributed by atoms with Gasteiger partial charge in [0, 0.05) is 16.4 Å². The van der Waals surface area contributed by atoms with Crippen LogP contribution in [0.2, 0.25) is 0 Å². The highest BCUT2D eigenvalue weighted by molar-refractivity contribution is 9.10. The van der Waals surface area contributed by atoms with Gasteiger partial charge in [0.15, 0.2) is 12.7 Å². The molecule has 245 valence electrons. The Morgan fingerprint density at radius 3 is 2.09 bits per heavy atom. The summed E-state index contributed by atoms with van der Waals surface area (Å²) < 4.78 is 70.6. The number of nitrogens with one attached hydrogen (secondary N) is 2. The number of hydrogen-bond donors (Lipinski definition) is 2. The van der Waals surface area contributed by atoms with E-state index in [0.29, 0.717) is 30.4 Å². The van der Waals surface area contributed by atoms with Gasteiger partial charge in [-0.1, -0.05) is 52.3 Å². The van der Waals surface area contributed by atoms with Crippen molar-refractivity contribution in [1.29, 1.82) is 0 Å². The van der Waals surface area contributed by atoms with E-state index in [1.807, 2.05) is 24.3 Å². The lowest BCUT2D eigenvalue weighted by Crippen LogP contribution is -2.47. The average Bonchev–Trinajstić information content (AvgIpc) is 3.46. The van der Waals surface area contributed by atoms with Gasteiger partial charge in [-0.15, -0.1) is 0 Å². The lowest BCUT2D eigenvalue weighted by molar-refractivity contribution is -0.191. The minimum atomic E-state index is -5.23. The van der Waals surface area contributed by atoms with E-state index in [1.54, 1.807) is 24.3 Å². The molecular weight excluding hydrogens is 691 g/mol. The Kier molecular flexibility index (Phi) is 10.4. The normalized spacial score (nSPS) is 19.3. The molecule has 0 spiro atoms. The summed E-state index contributed by atoms with van der Waals surface area (Å²) in [5.41, 5.74) is 2.06. The second-order valence-corrected chi connectivity index (χ2v) is 12.0. The Morgan fingerprint density at radius 2 is 1.51 bits per heavy atom. The van der Waals surface area contributed by atoms with Crippen LogP contribution in [0.3, 0.4) is 0 Å². The molecule has 1 heterocycles. The fourth-order valence-corrected chi connectivity index (χ4v) is 5.97. The summed E-state index contributed by atoms with van der Waals surface area (Å²) in [5.74, 6) is -5.06. The smallest absolute Gasteiger partial charge is 0.350 e. The van der Waals surface area contributed by atoms with Crippen LogP contribution < -0.4 is 15.6 Å². The third-order valence-corrected chi connectivity index (χ3v) is 8.48. The number of amidine groups is 1. The highest BCUT2D eigenvalue weighted by Crippen LogP contribution is 2.39.